The van der Waals surface area contributed by atoms with Crippen molar-refractivity contribution in [1.29, 1.82) is 0 Å². The van der Waals surface area contributed by atoms with Gasteiger partial charge in [0.15, 0.2) is 0 Å². The van der Waals surface area contributed by atoms with E-state index in [2.05, 4.69) is 13.8 Å². The van der Waals surface area contributed by atoms with Gasteiger partial charge < -0.3 is 10.5 Å². The van der Waals surface area contributed by atoms with Gasteiger partial charge in [0.2, 0.25) is 0 Å². The monoisotopic (exact) mass is 239 g/mol. The molecule has 0 aromatic rings. The Labute approximate surface area is 106 Å². The molecule has 2 aliphatic rings. The van der Waals surface area contributed by atoms with Gasteiger partial charge in [-0.05, 0) is 49.9 Å². The summed E-state index contributed by atoms with van der Waals surface area (Å²) in [7, 11) is 1.87. The van der Waals surface area contributed by atoms with Crippen LogP contribution in [0.1, 0.15) is 65.2 Å². The molecule has 0 spiro atoms. The van der Waals surface area contributed by atoms with Crippen molar-refractivity contribution >= 4 is 0 Å². The minimum Gasteiger partial charge on any atom is -0.377 e. The Morgan fingerprint density at radius 2 is 1.59 bits per heavy atom. The van der Waals surface area contributed by atoms with E-state index in [0.29, 0.717) is 11.3 Å². The fourth-order valence-corrected chi connectivity index (χ4v) is 3.77. The minimum absolute atomic E-state index is 0.0233. The first-order valence-electron chi connectivity index (χ1n) is 7.30. The number of rotatable bonds is 3. The highest BCUT2D eigenvalue weighted by Crippen LogP contribution is 2.45. The highest BCUT2D eigenvalue weighted by molar-refractivity contribution is 5.00. The second-order valence-electron chi connectivity index (χ2n) is 7.00. The van der Waals surface area contributed by atoms with Gasteiger partial charge in [0, 0.05) is 13.2 Å². The number of hydrogen-bond acceptors (Lipinski definition) is 2. The maximum Gasteiger partial charge on any atom is 0.0831 e. The zero-order valence-electron chi connectivity index (χ0n) is 11.8. The molecule has 0 aromatic heterocycles. The van der Waals surface area contributed by atoms with Gasteiger partial charge in [-0.3, -0.25) is 0 Å². The molecule has 0 bridgehead atoms. The van der Waals surface area contributed by atoms with Crippen molar-refractivity contribution in [2.24, 2.45) is 17.1 Å². The summed E-state index contributed by atoms with van der Waals surface area (Å²) >= 11 is 0. The summed E-state index contributed by atoms with van der Waals surface area (Å²) < 4.78 is 5.92. The van der Waals surface area contributed by atoms with Crippen LogP contribution in [0.2, 0.25) is 0 Å². The first-order valence-corrected chi connectivity index (χ1v) is 7.30. The minimum atomic E-state index is -0.0233. The van der Waals surface area contributed by atoms with Crippen LogP contribution in [0.4, 0.5) is 0 Å². The lowest BCUT2D eigenvalue weighted by molar-refractivity contribution is -0.0892. The molecule has 0 amide bonds. The van der Waals surface area contributed by atoms with Gasteiger partial charge in [0.05, 0.1) is 5.60 Å². The Morgan fingerprint density at radius 1 is 1.06 bits per heavy atom. The van der Waals surface area contributed by atoms with Crippen molar-refractivity contribution in [3.8, 4) is 0 Å². The highest BCUT2D eigenvalue weighted by atomic mass is 16.5. The zero-order chi connectivity index (χ0) is 12.5. The molecule has 0 saturated heterocycles. The molecule has 2 heteroatoms. The molecule has 100 valence electrons. The topological polar surface area (TPSA) is 35.2 Å². The van der Waals surface area contributed by atoms with Crippen LogP contribution in [0.3, 0.4) is 0 Å². The molecule has 0 heterocycles. The smallest absolute Gasteiger partial charge is 0.0831 e. The van der Waals surface area contributed by atoms with Crippen LogP contribution in [0.25, 0.3) is 0 Å². The molecular formula is C15H29NO. The van der Waals surface area contributed by atoms with Gasteiger partial charge in [-0.2, -0.15) is 0 Å². The molecule has 1 unspecified atom stereocenters. The lowest BCUT2D eigenvalue weighted by Gasteiger charge is -2.47. The molecule has 2 N–H and O–H groups in total. The number of ether oxygens (including phenoxy) is 1. The van der Waals surface area contributed by atoms with E-state index in [-0.39, 0.29) is 11.6 Å². The van der Waals surface area contributed by atoms with Crippen LogP contribution in [0.15, 0.2) is 0 Å². The van der Waals surface area contributed by atoms with Crippen LogP contribution in [0.5, 0.6) is 0 Å². The van der Waals surface area contributed by atoms with Crippen molar-refractivity contribution in [1.82, 2.24) is 0 Å². The normalized spacial score (nSPS) is 30.4. The summed E-state index contributed by atoms with van der Waals surface area (Å²) in [5.41, 5.74) is 7.02. The Bertz CT molecular complexity index is 246. The van der Waals surface area contributed by atoms with E-state index in [1.807, 2.05) is 7.11 Å². The van der Waals surface area contributed by atoms with E-state index in [1.165, 1.54) is 38.5 Å². The molecule has 1 atom stereocenters. The van der Waals surface area contributed by atoms with Crippen molar-refractivity contribution in [2.45, 2.75) is 76.9 Å². The average Bonchev–Trinajstić information content (AvgIpc) is 2.82. The SMILES string of the molecule is COC1(C(N)C2CCCC2)CCC(C)(C)CC1. The van der Waals surface area contributed by atoms with E-state index in [4.69, 9.17) is 10.5 Å². The molecule has 0 aliphatic heterocycles. The summed E-state index contributed by atoms with van der Waals surface area (Å²) in [5, 5.41) is 0. The maximum atomic E-state index is 6.56. The molecule has 0 radical (unpaired) electrons. The summed E-state index contributed by atoms with van der Waals surface area (Å²) in [4.78, 5) is 0. The van der Waals surface area contributed by atoms with Crippen molar-refractivity contribution < 1.29 is 4.74 Å². The van der Waals surface area contributed by atoms with E-state index < -0.39 is 0 Å². The van der Waals surface area contributed by atoms with Crippen LogP contribution in [-0.2, 0) is 4.74 Å². The maximum absolute atomic E-state index is 6.56. The van der Waals surface area contributed by atoms with Gasteiger partial charge in [0.1, 0.15) is 0 Å². The van der Waals surface area contributed by atoms with Crippen LogP contribution in [0, 0.1) is 11.3 Å². The quantitative estimate of drug-likeness (QED) is 0.818. The predicted octanol–water partition coefficient (Wildman–Crippen LogP) is 3.49. The fourth-order valence-electron chi connectivity index (χ4n) is 3.77. The molecule has 2 saturated carbocycles. The van der Waals surface area contributed by atoms with Crippen molar-refractivity contribution in [3.63, 3.8) is 0 Å². The van der Waals surface area contributed by atoms with Gasteiger partial charge in [-0.25, -0.2) is 0 Å². The number of nitrogens with two attached hydrogens (primary N) is 1. The van der Waals surface area contributed by atoms with Crippen LogP contribution in [-0.4, -0.2) is 18.8 Å². The second-order valence-corrected chi connectivity index (χ2v) is 7.00. The number of methoxy groups -OCH3 is 1. The summed E-state index contributed by atoms with van der Waals surface area (Å²) in [6.07, 6.45) is 10.2. The van der Waals surface area contributed by atoms with E-state index >= 15 is 0 Å². The number of hydrogen-bond donors (Lipinski definition) is 1. The molecule has 2 fully saturated rings. The average molecular weight is 239 g/mol. The largest absolute Gasteiger partial charge is 0.377 e. The van der Waals surface area contributed by atoms with Crippen molar-refractivity contribution in [2.75, 3.05) is 7.11 Å². The van der Waals surface area contributed by atoms with E-state index in [9.17, 15) is 0 Å². The summed E-state index contributed by atoms with van der Waals surface area (Å²) in [6, 6.07) is 0.256. The third-order valence-electron chi connectivity index (χ3n) is 5.37. The standard InChI is InChI=1S/C15H29NO/c1-14(2)8-10-15(17-3,11-9-14)13(16)12-6-4-5-7-12/h12-13H,4-11,16H2,1-3H3. The first kappa shape index (κ1) is 13.4. The lowest BCUT2D eigenvalue weighted by Crippen LogP contribution is -2.55. The fraction of sp³-hybridized carbons (Fsp3) is 1.00. The Hall–Kier alpha value is -0.0800. The van der Waals surface area contributed by atoms with Gasteiger partial charge >= 0.3 is 0 Å². The molecule has 0 aromatic carbocycles. The molecule has 2 nitrogen and oxygen atoms in total. The highest BCUT2D eigenvalue weighted by Gasteiger charge is 2.45. The zero-order valence-corrected chi connectivity index (χ0v) is 11.8. The van der Waals surface area contributed by atoms with Crippen LogP contribution < -0.4 is 5.73 Å². The lowest BCUT2D eigenvalue weighted by atomic mass is 9.66. The van der Waals surface area contributed by atoms with Gasteiger partial charge in [-0.1, -0.05) is 26.7 Å². The van der Waals surface area contributed by atoms with Gasteiger partial charge in [0.25, 0.3) is 0 Å². The first-order chi connectivity index (χ1) is 7.99. The summed E-state index contributed by atoms with van der Waals surface area (Å²) in [6.45, 7) is 4.74. The Kier molecular flexibility index (Phi) is 3.84. The van der Waals surface area contributed by atoms with E-state index in [1.54, 1.807) is 0 Å². The third kappa shape index (κ3) is 2.68. The second kappa shape index (κ2) is 4.89. The summed E-state index contributed by atoms with van der Waals surface area (Å²) in [5.74, 6) is 0.705. The predicted molar refractivity (Wildman–Crippen MR) is 71.9 cm³/mol. The molecule has 2 rings (SSSR count). The van der Waals surface area contributed by atoms with Crippen LogP contribution >= 0.6 is 0 Å². The van der Waals surface area contributed by atoms with Gasteiger partial charge in [-0.15, -0.1) is 0 Å². The third-order valence-corrected chi connectivity index (χ3v) is 5.37. The Balaban J connectivity index is 2.04. The molecule has 17 heavy (non-hydrogen) atoms. The van der Waals surface area contributed by atoms with E-state index in [0.717, 1.165) is 12.8 Å². The van der Waals surface area contributed by atoms with Crippen molar-refractivity contribution in [3.05, 3.63) is 0 Å². The Morgan fingerprint density at radius 3 is 2.06 bits per heavy atom. The molecular weight excluding hydrogens is 210 g/mol. The molecule has 2 aliphatic carbocycles.